The van der Waals surface area contributed by atoms with Crippen LogP contribution in [0.5, 0.6) is 5.75 Å². The van der Waals surface area contributed by atoms with Gasteiger partial charge in [0.25, 0.3) is 0 Å². The fraction of sp³-hybridized carbons (Fsp3) is 0.200. The molecule has 0 radical (unpaired) electrons. The number of carbonyl (C=O) groups is 1. The number of carboxylic acids is 1. The largest absolute Gasteiger partial charge is 0.488 e. The number of carboxylic acid groups (broad SMARTS) is 1. The van der Waals surface area contributed by atoms with E-state index in [1.807, 2.05) is 55.6 Å². The molecule has 0 spiro atoms. The van der Waals surface area contributed by atoms with Crippen LogP contribution < -0.4 is 4.74 Å². The number of aryl methyl sites for hydroxylation is 2. The first-order chi connectivity index (χ1) is 12.0. The summed E-state index contributed by atoms with van der Waals surface area (Å²) >= 11 is 1.36. The van der Waals surface area contributed by atoms with E-state index in [0.717, 1.165) is 33.7 Å². The minimum absolute atomic E-state index is 0.0598. The zero-order valence-corrected chi connectivity index (χ0v) is 15.0. The quantitative estimate of drug-likeness (QED) is 0.702. The summed E-state index contributed by atoms with van der Waals surface area (Å²) in [6.07, 6.45) is -0.0598. The number of hydrogen-bond acceptors (Lipinski definition) is 4. The monoisotopic (exact) mass is 353 g/mol. The van der Waals surface area contributed by atoms with Crippen molar-refractivity contribution in [3.05, 3.63) is 69.5 Å². The Labute approximate surface area is 150 Å². The van der Waals surface area contributed by atoms with E-state index in [-0.39, 0.29) is 6.42 Å². The van der Waals surface area contributed by atoms with Gasteiger partial charge in [0.2, 0.25) is 0 Å². The maximum Gasteiger partial charge on any atom is 0.310 e. The zero-order chi connectivity index (χ0) is 17.8. The number of nitrogens with zero attached hydrogens (tertiary/aromatic N) is 1. The summed E-state index contributed by atoms with van der Waals surface area (Å²) in [6, 6.07) is 14.1. The molecular formula is C20H19NO3S. The molecule has 3 aromatic rings. The van der Waals surface area contributed by atoms with Crippen LogP contribution in [-0.4, -0.2) is 16.1 Å². The van der Waals surface area contributed by atoms with E-state index >= 15 is 0 Å². The Morgan fingerprint density at radius 1 is 1.16 bits per heavy atom. The normalized spacial score (nSPS) is 10.6. The van der Waals surface area contributed by atoms with Crippen molar-refractivity contribution < 1.29 is 14.6 Å². The van der Waals surface area contributed by atoms with Crippen molar-refractivity contribution in [1.82, 2.24) is 4.98 Å². The average Bonchev–Trinajstić information content (AvgIpc) is 3.04. The van der Waals surface area contributed by atoms with Gasteiger partial charge in [0.05, 0.1) is 12.1 Å². The first kappa shape index (κ1) is 17.2. The first-order valence-corrected chi connectivity index (χ1v) is 8.85. The Hall–Kier alpha value is -2.66. The SMILES string of the molecule is Cc1cc(OCc2ccccc2)c(-c2csc(CC(=O)O)n2)cc1C. The van der Waals surface area contributed by atoms with Crippen molar-refractivity contribution in [3.8, 4) is 17.0 Å². The standard InChI is InChI=1S/C20H19NO3S/c1-13-8-16(17-12-25-19(21-17)10-20(22)23)18(9-14(13)2)24-11-15-6-4-3-5-7-15/h3-9,12H,10-11H2,1-2H3,(H,22,23). The van der Waals surface area contributed by atoms with Crippen molar-refractivity contribution in [2.24, 2.45) is 0 Å². The molecule has 0 saturated heterocycles. The fourth-order valence-electron chi connectivity index (χ4n) is 2.49. The number of hydrogen-bond donors (Lipinski definition) is 1. The van der Waals surface area contributed by atoms with Gasteiger partial charge in [-0.15, -0.1) is 11.3 Å². The lowest BCUT2D eigenvalue weighted by atomic mass is 10.0. The zero-order valence-electron chi connectivity index (χ0n) is 14.2. The molecule has 128 valence electrons. The molecule has 0 amide bonds. The maximum atomic E-state index is 10.9. The van der Waals surface area contributed by atoms with Gasteiger partial charge in [0.1, 0.15) is 17.4 Å². The van der Waals surface area contributed by atoms with Crippen molar-refractivity contribution >= 4 is 17.3 Å². The number of aliphatic carboxylic acids is 1. The molecule has 1 heterocycles. The van der Waals surface area contributed by atoms with E-state index < -0.39 is 5.97 Å². The van der Waals surface area contributed by atoms with Crippen LogP contribution in [0.1, 0.15) is 21.7 Å². The van der Waals surface area contributed by atoms with Gasteiger partial charge in [-0.3, -0.25) is 4.79 Å². The average molecular weight is 353 g/mol. The van der Waals surface area contributed by atoms with Crippen molar-refractivity contribution in [2.45, 2.75) is 26.9 Å². The van der Waals surface area contributed by atoms with Crippen LogP contribution in [0.15, 0.2) is 47.8 Å². The summed E-state index contributed by atoms with van der Waals surface area (Å²) in [4.78, 5) is 15.3. The third-order valence-electron chi connectivity index (χ3n) is 3.96. The lowest BCUT2D eigenvalue weighted by Gasteiger charge is -2.13. The van der Waals surface area contributed by atoms with Crippen LogP contribution >= 0.6 is 11.3 Å². The molecule has 0 aliphatic rings. The van der Waals surface area contributed by atoms with Gasteiger partial charge in [-0.2, -0.15) is 0 Å². The van der Waals surface area contributed by atoms with Crippen LogP contribution in [-0.2, 0) is 17.8 Å². The predicted octanol–water partition coefficient (Wildman–Crippen LogP) is 4.63. The molecule has 0 bridgehead atoms. The number of aromatic nitrogens is 1. The third kappa shape index (κ3) is 4.25. The molecule has 0 atom stereocenters. The predicted molar refractivity (Wildman–Crippen MR) is 99.1 cm³/mol. The van der Waals surface area contributed by atoms with Crippen LogP contribution in [0.25, 0.3) is 11.3 Å². The highest BCUT2D eigenvalue weighted by Gasteiger charge is 2.14. The summed E-state index contributed by atoms with van der Waals surface area (Å²) in [7, 11) is 0. The van der Waals surface area contributed by atoms with E-state index in [2.05, 4.69) is 11.1 Å². The van der Waals surface area contributed by atoms with Gasteiger partial charge in [-0.25, -0.2) is 4.98 Å². The van der Waals surface area contributed by atoms with E-state index in [1.54, 1.807) is 0 Å². The molecule has 5 heteroatoms. The summed E-state index contributed by atoms with van der Waals surface area (Å²) in [5.41, 5.74) is 5.04. The molecule has 3 rings (SSSR count). The van der Waals surface area contributed by atoms with Crippen LogP contribution in [0.4, 0.5) is 0 Å². The molecule has 4 nitrogen and oxygen atoms in total. The van der Waals surface area contributed by atoms with Crippen LogP contribution in [0.2, 0.25) is 0 Å². The van der Waals surface area contributed by atoms with Crippen molar-refractivity contribution in [2.75, 3.05) is 0 Å². The van der Waals surface area contributed by atoms with E-state index in [4.69, 9.17) is 9.84 Å². The van der Waals surface area contributed by atoms with E-state index in [9.17, 15) is 4.79 Å². The summed E-state index contributed by atoms with van der Waals surface area (Å²) in [5.74, 6) is -0.110. The fourth-order valence-corrected chi connectivity index (χ4v) is 3.27. The highest BCUT2D eigenvalue weighted by Crippen LogP contribution is 2.34. The number of thiazole rings is 1. The Kier molecular flexibility index (Phi) is 5.14. The molecule has 1 N–H and O–H groups in total. The van der Waals surface area contributed by atoms with Crippen LogP contribution in [0.3, 0.4) is 0 Å². The minimum atomic E-state index is -0.874. The summed E-state index contributed by atoms with van der Waals surface area (Å²) in [6.45, 7) is 4.57. The maximum absolute atomic E-state index is 10.9. The van der Waals surface area contributed by atoms with Crippen molar-refractivity contribution in [1.29, 1.82) is 0 Å². The summed E-state index contributed by atoms with van der Waals surface area (Å²) < 4.78 is 6.05. The minimum Gasteiger partial charge on any atom is -0.488 e. The molecule has 1 aromatic heterocycles. The number of benzene rings is 2. The van der Waals surface area contributed by atoms with Gasteiger partial charge in [-0.05, 0) is 42.7 Å². The second-order valence-corrected chi connectivity index (χ2v) is 6.85. The Morgan fingerprint density at radius 2 is 1.88 bits per heavy atom. The Morgan fingerprint density at radius 3 is 2.60 bits per heavy atom. The van der Waals surface area contributed by atoms with E-state index in [0.29, 0.717) is 11.6 Å². The van der Waals surface area contributed by atoms with Gasteiger partial charge in [0, 0.05) is 10.9 Å². The van der Waals surface area contributed by atoms with Gasteiger partial charge in [-0.1, -0.05) is 30.3 Å². The van der Waals surface area contributed by atoms with E-state index in [1.165, 1.54) is 11.3 Å². The molecule has 0 saturated carbocycles. The molecular weight excluding hydrogens is 334 g/mol. The number of ether oxygens (including phenoxy) is 1. The molecule has 0 unspecified atom stereocenters. The second-order valence-electron chi connectivity index (χ2n) is 5.90. The van der Waals surface area contributed by atoms with Gasteiger partial charge < -0.3 is 9.84 Å². The summed E-state index contributed by atoms with van der Waals surface area (Å²) in [5, 5.41) is 11.4. The Bertz CT molecular complexity index is 887. The topological polar surface area (TPSA) is 59.4 Å². The second kappa shape index (κ2) is 7.49. The lowest BCUT2D eigenvalue weighted by molar-refractivity contribution is -0.136. The third-order valence-corrected chi connectivity index (χ3v) is 4.81. The van der Waals surface area contributed by atoms with Gasteiger partial charge in [0.15, 0.2) is 0 Å². The highest BCUT2D eigenvalue weighted by molar-refractivity contribution is 7.10. The molecule has 0 fully saturated rings. The Balaban J connectivity index is 1.90. The smallest absolute Gasteiger partial charge is 0.310 e. The highest BCUT2D eigenvalue weighted by atomic mass is 32.1. The molecule has 0 aliphatic carbocycles. The van der Waals surface area contributed by atoms with Gasteiger partial charge >= 0.3 is 5.97 Å². The van der Waals surface area contributed by atoms with Crippen molar-refractivity contribution in [3.63, 3.8) is 0 Å². The molecule has 0 aliphatic heterocycles. The number of rotatable bonds is 6. The molecule has 25 heavy (non-hydrogen) atoms. The lowest BCUT2D eigenvalue weighted by Crippen LogP contribution is -2.00. The van der Waals surface area contributed by atoms with Crippen LogP contribution in [0, 0.1) is 13.8 Å². The first-order valence-electron chi connectivity index (χ1n) is 7.97. The molecule has 2 aromatic carbocycles.